The van der Waals surface area contributed by atoms with Crippen LogP contribution >= 0.6 is 11.6 Å². The van der Waals surface area contributed by atoms with Gasteiger partial charge in [0.2, 0.25) is 10.0 Å². The maximum Gasteiger partial charge on any atom is 0.343 e. The molecule has 5 nitrogen and oxygen atoms in total. The van der Waals surface area contributed by atoms with Gasteiger partial charge in [-0.05, 0) is 36.4 Å². The first kappa shape index (κ1) is 18.4. The van der Waals surface area contributed by atoms with Crippen molar-refractivity contribution in [3.63, 3.8) is 0 Å². The number of benzene rings is 2. The van der Waals surface area contributed by atoms with Crippen molar-refractivity contribution in [2.45, 2.75) is 18.7 Å². The molecular formula is C17H18ClNO4S. The Kier molecular flexibility index (Phi) is 5.99. The van der Waals surface area contributed by atoms with Crippen molar-refractivity contribution in [2.75, 3.05) is 13.1 Å². The predicted octanol–water partition coefficient (Wildman–Crippen LogP) is 3.59. The molecule has 2 rings (SSSR count). The van der Waals surface area contributed by atoms with Gasteiger partial charge in [0, 0.05) is 18.1 Å². The molecule has 2 aromatic carbocycles. The number of rotatable bonds is 6. The number of sulfonamides is 1. The Morgan fingerprint density at radius 2 is 1.75 bits per heavy atom. The van der Waals surface area contributed by atoms with Crippen LogP contribution in [0.5, 0.6) is 5.75 Å². The van der Waals surface area contributed by atoms with Crippen molar-refractivity contribution >= 4 is 27.6 Å². The maximum absolute atomic E-state index is 12.5. The molecule has 128 valence electrons. The van der Waals surface area contributed by atoms with Gasteiger partial charge in [-0.1, -0.05) is 37.6 Å². The second-order valence-electron chi connectivity index (χ2n) is 4.96. The van der Waals surface area contributed by atoms with E-state index in [0.717, 1.165) is 0 Å². The lowest BCUT2D eigenvalue weighted by Gasteiger charge is -2.18. The number of carbonyl (C=O) groups excluding carboxylic acids is 1. The van der Waals surface area contributed by atoms with Crippen molar-refractivity contribution in [3.8, 4) is 5.75 Å². The van der Waals surface area contributed by atoms with Gasteiger partial charge in [-0.2, -0.15) is 4.31 Å². The fraction of sp³-hybridized carbons (Fsp3) is 0.235. The molecule has 24 heavy (non-hydrogen) atoms. The quantitative estimate of drug-likeness (QED) is 0.578. The van der Waals surface area contributed by atoms with Gasteiger partial charge >= 0.3 is 5.97 Å². The molecule has 0 radical (unpaired) electrons. The van der Waals surface area contributed by atoms with Crippen molar-refractivity contribution in [2.24, 2.45) is 0 Å². The van der Waals surface area contributed by atoms with Crippen LogP contribution in [-0.4, -0.2) is 31.8 Å². The fourth-order valence-corrected chi connectivity index (χ4v) is 3.88. The third-order valence-electron chi connectivity index (χ3n) is 3.42. The van der Waals surface area contributed by atoms with Crippen LogP contribution in [0.4, 0.5) is 0 Å². The number of hydrogen-bond donors (Lipinski definition) is 0. The molecule has 0 fully saturated rings. The lowest BCUT2D eigenvalue weighted by molar-refractivity contribution is 0.0734. The second-order valence-corrected chi connectivity index (χ2v) is 7.34. The highest BCUT2D eigenvalue weighted by Gasteiger charge is 2.22. The second kappa shape index (κ2) is 7.79. The highest BCUT2D eigenvalue weighted by Crippen LogP contribution is 2.20. The lowest BCUT2D eigenvalue weighted by Crippen LogP contribution is -2.30. The smallest absolute Gasteiger partial charge is 0.343 e. The molecule has 0 atom stereocenters. The largest absolute Gasteiger partial charge is 0.423 e. The number of ether oxygens (including phenoxy) is 1. The number of halogens is 1. The van der Waals surface area contributed by atoms with Crippen LogP contribution in [0.25, 0.3) is 0 Å². The van der Waals surface area contributed by atoms with Crippen molar-refractivity contribution in [1.29, 1.82) is 0 Å². The van der Waals surface area contributed by atoms with Gasteiger partial charge in [0.15, 0.2) is 0 Å². The van der Waals surface area contributed by atoms with E-state index in [1.807, 2.05) is 0 Å². The molecule has 0 unspecified atom stereocenters. The van der Waals surface area contributed by atoms with Gasteiger partial charge in [-0.15, -0.1) is 0 Å². The molecule has 7 heteroatoms. The molecule has 0 saturated carbocycles. The zero-order valence-electron chi connectivity index (χ0n) is 13.4. The predicted molar refractivity (Wildman–Crippen MR) is 93.0 cm³/mol. The van der Waals surface area contributed by atoms with Gasteiger partial charge in [-0.25, -0.2) is 13.2 Å². The molecule has 0 aromatic heterocycles. The zero-order chi connectivity index (χ0) is 17.7. The van der Waals surface area contributed by atoms with E-state index in [1.54, 1.807) is 32.0 Å². The third-order valence-corrected chi connectivity index (χ3v) is 5.70. The molecule has 0 aliphatic heterocycles. The first-order chi connectivity index (χ1) is 11.4. The summed E-state index contributed by atoms with van der Waals surface area (Å²) < 4.78 is 31.6. The summed E-state index contributed by atoms with van der Waals surface area (Å²) >= 11 is 5.85. The van der Waals surface area contributed by atoms with E-state index in [9.17, 15) is 13.2 Å². The Hall–Kier alpha value is -1.89. The van der Waals surface area contributed by atoms with Gasteiger partial charge in [0.25, 0.3) is 0 Å². The minimum absolute atomic E-state index is 0.0618. The van der Waals surface area contributed by atoms with Crippen LogP contribution in [0.3, 0.4) is 0 Å². The molecule has 0 amide bonds. The van der Waals surface area contributed by atoms with E-state index in [1.165, 1.54) is 34.6 Å². The van der Waals surface area contributed by atoms with E-state index in [0.29, 0.717) is 23.9 Å². The molecule has 0 N–H and O–H groups in total. The minimum atomic E-state index is -3.63. The van der Waals surface area contributed by atoms with Gasteiger partial charge in [0.1, 0.15) is 5.75 Å². The molecule has 2 aromatic rings. The van der Waals surface area contributed by atoms with Crippen LogP contribution in [0.2, 0.25) is 5.02 Å². The van der Waals surface area contributed by atoms with E-state index < -0.39 is 16.0 Å². The van der Waals surface area contributed by atoms with Crippen LogP contribution < -0.4 is 4.74 Å². The normalized spacial score (nSPS) is 11.5. The van der Waals surface area contributed by atoms with Gasteiger partial charge < -0.3 is 4.74 Å². The summed E-state index contributed by atoms with van der Waals surface area (Å²) in [6.07, 6.45) is 0. The summed E-state index contributed by atoms with van der Waals surface area (Å²) in [7, 11) is -3.63. The summed E-state index contributed by atoms with van der Waals surface area (Å²) in [5, 5.41) is 0.443. The molecule has 0 aliphatic rings. The average molecular weight is 368 g/mol. The maximum atomic E-state index is 12.5. The Morgan fingerprint density at radius 3 is 2.38 bits per heavy atom. The average Bonchev–Trinajstić information content (AvgIpc) is 2.56. The third kappa shape index (κ3) is 4.14. The standard InChI is InChI=1S/C17H18ClNO4S/c1-3-19(4-2)24(21,22)16-10-5-7-13(11-16)17(20)23-15-9-6-8-14(18)12-15/h5-12H,3-4H2,1-2H3. The molecular weight excluding hydrogens is 350 g/mol. The molecule has 0 saturated heterocycles. The first-order valence-electron chi connectivity index (χ1n) is 7.46. The highest BCUT2D eigenvalue weighted by molar-refractivity contribution is 7.89. The SMILES string of the molecule is CCN(CC)S(=O)(=O)c1cccc(C(=O)Oc2cccc(Cl)c2)c1. The van der Waals surface area contributed by atoms with Crippen molar-refractivity contribution in [3.05, 3.63) is 59.1 Å². The van der Waals surface area contributed by atoms with E-state index in [2.05, 4.69) is 0 Å². The Balaban J connectivity index is 2.28. The summed E-state index contributed by atoms with van der Waals surface area (Å²) in [5.41, 5.74) is 0.156. The van der Waals surface area contributed by atoms with Gasteiger partial charge in [0.05, 0.1) is 10.5 Å². The van der Waals surface area contributed by atoms with Crippen LogP contribution in [0.1, 0.15) is 24.2 Å². The number of esters is 1. The Bertz CT molecular complexity index is 832. The highest BCUT2D eigenvalue weighted by atomic mass is 35.5. The monoisotopic (exact) mass is 367 g/mol. The molecule has 0 aliphatic carbocycles. The summed E-state index contributed by atoms with van der Waals surface area (Å²) in [6, 6.07) is 12.2. The van der Waals surface area contributed by atoms with Crippen LogP contribution in [0, 0.1) is 0 Å². The molecule has 0 bridgehead atoms. The van der Waals surface area contributed by atoms with Crippen molar-refractivity contribution < 1.29 is 17.9 Å². The van der Waals surface area contributed by atoms with E-state index >= 15 is 0 Å². The zero-order valence-corrected chi connectivity index (χ0v) is 15.0. The van der Waals surface area contributed by atoms with E-state index in [4.69, 9.17) is 16.3 Å². The Morgan fingerprint density at radius 1 is 1.08 bits per heavy atom. The van der Waals surface area contributed by atoms with Crippen LogP contribution in [-0.2, 0) is 10.0 Å². The van der Waals surface area contributed by atoms with E-state index in [-0.39, 0.29) is 10.5 Å². The first-order valence-corrected chi connectivity index (χ1v) is 9.28. The number of nitrogens with zero attached hydrogens (tertiary/aromatic N) is 1. The molecule has 0 spiro atoms. The number of carbonyl (C=O) groups is 1. The minimum Gasteiger partial charge on any atom is -0.423 e. The van der Waals surface area contributed by atoms with Crippen molar-refractivity contribution in [1.82, 2.24) is 4.31 Å². The summed E-state index contributed by atoms with van der Waals surface area (Å²) in [4.78, 5) is 12.3. The fourth-order valence-electron chi connectivity index (χ4n) is 2.19. The number of hydrogen-bond acceptors (Lipinski definition) is 4. The summed E-state index contributed by atoms with van der Waals surface area (Å²) in [6.45, 7) is 4.24. The lowest BCUT2D eigenvalue weighted by atomic mass is 10.2. The van der Waals surface area contributed by atoms with Crippen LogP contribution in [0.15, 0.2) is 53.4 Å². The molecule has 0 heterocycles. The topological polar surface area (TPSA) is 63.7 Å². The van der Waals surface area contributed by atoms with Gasteiger partial charge in [-0.3, -0.25) is 0 Å². The Labute approximate surface area is 146 Å². The summed E-state index contributed by atoms with van der Waals surface area (Å²) in [5.74, 6) is -0.349.